The van der Waals surface area contributed by atoms with Gasteiger partial charge in [-0.15, -0.1) is 0 Å². The molecule has 5 nitrogen and oxygen atoms in total. The Morgan fingerprint density at radius 1 is 1.44 bits per heavy atom. The van der Waals surface area contributed by atoms with Crippen molar-refractivity contribution in [2.24, 2.45) is 5.92 Å². The number of carboxylic acids is 1. The number of rotatable bonds is 6. The van der Waals surface area contributed by atoms with Crippen molar-refractivity contribution in [2.45, 2.75) is 39.2 Å². The summed E-state index contributed by atoms with van der Waals surface area (Å²) in [6, 6.07) is 0.194. The van der Waals surface area contributed by atoms with Gasteiger partial charge in [-0.2, -0.15) is 0 Å². The minimum Gasteiger partial charge on any atom is -0.481 e. The van der Waals surface area contributed by atoms with E-state index in [0.29, 0.717) is 12.5 Å². The van der Waals surface area contributed by atoms with E-state index in [1.165, 1.54) is 4.90 Å². The zero-order chi connectivity index (χ0) is 12.1. The van der Waals surface area contributed by atoms with Crippen LogP contribution in [0, 0.1) is 5.92 Å². The molecule has 1 saturated carbocycles. The Morgan fingerprint density at radius 2 is 2.06 bits per heavy atom. The first-order valence-corrected chi connectivity index (χ1v) is 5.66. The van der Waals surface area contributed by atoms with Gasteiger partial charge in [0.05, 0.1) is 13.0 Å². The fraction of sp³-hybridized carbons (Fsp3) is 0.818. The molecule has 0 radical (unpaired) electrons. The van der Waals surface area contributed by atoms with Crippen LogP contribution in [0.1, 0.15) is 33.1 Å². The molecule has 0 saturated heterocycles. The Labute approximate surface area is 95.4 Å². The van der Waals surface area contributed by atoms with Crippen LogP contribution in [0.15, 0.2) is 0 Å². The third kappa shape index (κ3) is 4.51. The molecule has 1 fully saturated rings. The van der Waals surface area contributed by atoms with Gasteiger partial charge in [-0.3, -0.25) is 4.79 Å². The number of carbonyl (C=O) groups is 2. The van der Waals surface area contributed by atoms with Gasteiger partial charge in [-0.05, 0) is 18.8 Å². The Hall–Kier alpha value is -1.26. The summed E-state index contributed by atoms with van der Waals surface area (Å²) in [6.07, 6.45) is 1.51. The standard InChI is InChI=1S/C11H19NO4/c1-8(2)7-16-11(15)12(9-3-4-9)6-5-10(13)14/h8-9H,3-7H2,1-2H3,(H,13,14). The Kier molecular flexibility index (Phi) is 4.58. The summed E-state index contributed by atoms with van der Waals surface area (Å²) in [6.45, 7) is 4.56. The maximum absolute atomic E-state index is 11.7. The molecular formula is C11H19NO4. The summed E-state index contributed by atoms with van der Waals surface area (Å²) >= 11 is 0. The van der Waals surface area contributed by atoms with Crippen LogP contribution in [-0.4, -0.2) is 41.3 Å². The first kappa shape index (κ1) is 12.8. The summed E-state index contributed by atoms with van der Waals surface area (Å²) in [7, 11) is 0. The zero-order valence-corrected chi connectivity index (χ0v) is 9.81. The van der Waals surface area contributed by atoms with Gasteiger partial charge in [-0.1, -0.05) is 13.8 Å². The second-order valence-electron chi connectivity index (χ2n) is 4.54. The third-order valence-corrected chi connectivity index (χ3v) is 2.33. The highest BCUT2D eigenvalue weighted by atomic mass is 16.6. The molecule has 0 atom stereocenters. The van der Waals surface area contributed by atoms with Gasteiger partial charge >= 0.3 is 12.1 Å². The van der Waals surface area contributed by atoms with E-state index in [-0.39, 0.29) is 25.1 Å². The smallest absolute Gasteiger partial charge is 0.410 e. The lowest BCUT2D eigenvalue weighted by atomic mass is 10.2. The van der Waals surface area contributed by atoms with Crippen molar-refractivity contribution in [3.05, 3.63) is 0 Å². The molecule has 0 unspecified atom stereocenters. The van der Waals surface area contributed by atoms with Crippen molar-refractivity contribution in [3.63, 3.8) is 0 Å². The van der Waals surface area contributed by atoms with Gasteiger partial charge in [0, 0.05) is 12.6 Å². The Bertz CT molecular complexity index is 261. The SMILES string of the molecule is CC(C)COC(=O)N(CCC(=O)O)C1CC1. The number of ether oxygens (including phenoxy) is 1. The molecule has 1 aliphatic rings. The topological polar surface area (TPSA) is 66.8 Å². The maximum atomic E-state index is 11.7. The minimum absolute atomic E-state index is 0.0206. The van der Waals surface area contributed by atoms with E-state index >= 15 is 0 Å². The molecule has 16 heavy (non-hydrogen) atoms. The molecule has 1 amide bonds. The van der Waals surface area contributed by atoms with Gasteiger partial charge < -0.3 is 14.7 Å². The van der Waals surface area contributed by atoms with Crippen molar-refractivity contribution >= 4 is 12.1 Å². The minimum atomic E-state index is -0.887. The summed E-state index contributed by atoms with van der Waals surface area (Å²) in [4.78, 5) is 23.6. The highest BCUT2D eigenvalue weighted by Crippen LogP contribution is 2.27. The molecule has 1 rings (SSSR count). The van der Waals surface area contributed by atoms with Crippen LogP contribution in [-0.2, 0) is 9.53 Å². The number of aliphatic carboxylic acids is 1. The van der Waals surface area contributed by atoms with Crippen molar-refractivity contribution in [2.75, 3.05) is 13.2 Å². The molecule has 0 heterocycles. The van der Waals surface area contributed by atoms with E-state index in [2.05, 4.69) is 0 Å². The van der Waals surface area contributed by atoms with Crippen LogP contribution < -0.4 is 0 Å². The number of nitrogens with zero attached hydrogens (tertiary/aromatic N) is 1. The number of amides is 1. The number of hydrogen-bond donors (Lipinski definition) is 1. The maximum Gasteiger partial charge on any atom is 0.410 e. The fourth-order valence-electron chi connectivity index (χ4n) is 1.35. The van der Waals surface area contributed by atoms with Crippen LogP contribution in [0.3, 0.4) is 0 Å². The van der Waals surface area contributed by atoms with Gasteiger partial charge in [-0.25, -0.2) is 4.79 Å². The van der Waals surface area contributed by atoms with E-state index in [0.717, 1.165) is 12.8 Å². The lowest BCUT2D eigenvalue weighted by Gasteiger charge is -2.21. The summed E-state index contributed by atoms with van der Waals surface area (Å²) in [5.41, 5.74) is 0. The highest BCUT2D eigenvalue weighted by molar-refractivity contribution is 5.71. The second-order valence-corrected chi connectivity index (χ2v) is 4.54. The van der Waals surface area contributed by atoms with Crippen LogP contribution >= 0.6 is 0 Å². The van der Waals surface area contributed by atoms with E-state index in [1.54, 1.807) is 0 Å². The summed E-state index contributed by atoms with van der Waals surface area (Å²) in [5.74, 6) is -0.591. The van der Waals surface area contributed by atoms with Crippen molar-refractivity contribution in [1.82, 2.24) is 4.90 Å². The van der Waals surface area contributed by atoms with Crippen molar-refractivity contribution in [1.29, 1.82) is 0 Å². The van der Waals surface area contributed by atoms with Gasteiger partial charge in [0.2, 0.25) is 0 Å². The van der Waals surface area contributed by atoms with Crippen molar-refractivity contribution in [3.8, 4) is 0 Å². The molecule has 0 aromatic rings. The van der Waals surface area contributed by atoms with E-state index in [1.807, 2.05) is 13.8 Å². The Balaban J connectivity index is 2.36. The van der Waals surface area contributed by atoms with E-state index in [9.17, 15) is 9.59 Å². The average Bonchev–Trinajstić information content (AvgIpc) is 2.98. The normalized spacial score (nSPS) is 14.9. The predicted molar refractivity (Wildman–Crippen MR) is 58.2 cm³/mol. The summed E-state index contributed by atoms with van der Waals surface area (Å²) < 4.78 is 5.09. The van der Waals surface area contributed by atoms with Gasteiger partial charge in [0.1, 0.15) is 0 Å². The van der Waals surface area contributed by atoms with E-state index < -0.39 is 5.97 Å². The fourth-order valence-corrected chi connectivity index (χ4v) is 1.35. The molecular weight excluding hydrogens is 210 g/mol. The molecule has 0 bridgehead atoms. The average molecular weight is 229 g/mol. The summed E-state index contributed by atoms with van der Waals surface area (Å²) in [5, 5.41) is 8.59. The van der Waals surface area contributed by atoms with Crippen LogP contribution in [0.5, 0.6) is 0 Å². The molecule has 1 N–H and O–H groups in total. The first-order valence-electron chi connectivity index (χ1n) is 5.66. The molecule has 0 aliphatic heterocycles. The van der Waals surface area contributed by atoms with Crippen molar-refractivity contribution < 1.29 is 19.4 Å². The molecule has 1 aliphatic carbocycles. The van der Waals surface area contributed by atoms with Crippen LogP contribution in [0.2, 0.25) is 0 Å². The van der Waals surface area contributed by atoms with E-state index in [4.69, 9.17) is 9.84 Å². The lowest BCUT2D eigenvalue weighted by molar-refractivity contribution is -0.137. The molecule has 0 aromatic heterocycles. The zero-order valence-electron chi connectivity index (χ0n) is 9.81. The Morgan fingerprint density at radius 3 is 2.50 bits per heavy atom. The van der Waals surface area contributed by atoms with Crippen LogP contribution in [0.4, 0.5) is 4.79 Å². The number of hydrogen-bond acceptors (Lipinski definition) is 3. The first-order chi connectivity index (χ1) is 7.50. The highest BCUT2D eigenvalue weighted by Gasteiger charge is 2.33. The molecule has 0 spiro atoms. The second kappa shape index (κ2) is 5.72. The molecule has 92 valence electrons. The number of carboxylic acid groups (broad SMARTS) is 1. The predicted octanol–water partition coefficient (Wildman–Crippen LogP) is 1.72. The van der Waals surface area contributed by atoms with Crippen LogP contribution in [0.25, 0.3) is 0 Å². The van der Waals surface area contributed by atoms with Gasteiger partial charge in [0.15, 0.2) is 0 Å². The molecule has 0 aromatic carbocycles. The van der Waals surface area contributed by atoms with Gasteiger partial charge in [0.25, 0.3) is 0 Å². The lowest BCUT2D eigenvalue weighted by Crippen LogP contribution is -2.36. The number of carbonyl (C=O) groups excluding carboxylic acids is 1. The largest absolute Gasteiger partial charge is 0.481 e. The third-order valence-electron chi connectivity index (χ3n) is 2.33. The molecule has 5 heteroatoms. The quantitative estimate of drug-likeness (QED) is 0.753. The monoisotopic (exact) mass is 229 g/mol.